The standard InChI is InChI=1S/C18H18N2O2/c1-3-9(2)12-8-13-14(16(20)15(12)19)18(22)11-7-5-4-6-10(11)17(13)21/h4-9H,3,19-20H2,1-2H3. The topological polar surface area (TPSA) is 86.2 Å². The normalized spacial score (nSPS) is 14.5. The maximum absolute atomic E-state index is 12.7. The molecule has 4 heteroatoms. The first kappa shape index (κ1) is 14.3. The highest BCUT2D eigenvalue weighted by molar-refractivity contribution is 6.30. The van der Waals surface area contributed by atoms with E-state index in [4.69, 9.17) is 11.5 Å². The van der Waals surface area contributed by atoms with Crippen LogP contribution in [0, 0.1) is 0 Å². The zero-order valence-electron chi connectivity index (χ0n) is 12.6. The summed E-state index contributed by atoms with van der Waals surface area (Å²) in [4.78, 5) is 25.4. The van der Waals surface area contributed by atoms with E-state index in [1.807, 2.05) is 13.8 Å². The van der Waals surface area contributed by atoms with Crippen molar-refractivity contribution in [1.82, 2.24) is 0 Å². The summed E-state index contributed by atoms with van der Waals surface area (Å²) < 4.78 is 0. The van der Waals surface area contributed by atoms with Crippen LogP contribution in [0.1, 0.15) is 63.6 Å². The molecule has 4 N–H and O–H groups in total. The minimum atomic E-state index is -0.231. The molecule has 1 aliphatic rings. The summed E-state index contributed by atoms with van der Waals surface area (Å²) in [5.41, 5.74) is 15.1. The van der Waals surface area contributed by atoms with E-state index < -0.39 is 0 Å². The van der Waals surface area contributed by atoms with Gasteiger partial charge < -0.3 is 11.5 Å². The molecule has 0 heterocycles. The number of nitrogen functional groups attached to an aromatic ring is 2. The fraction of sp³-hybridized carbons (Fsp3) is 0.222. The first-order chi connectivity index (χ1) is 10.5. The summed E-state index contributed by atoms with van der Waals surface area (Å²) in [6.45, 7) is 4.07. The Labute approximate surface area is 129 Å². The molecule has 1 unspecified atom stereocenters. The highest BCUT2D eigenvalue weighted by Crippen LogP contribution is 2.38. The van der Waals surface area contributed by atoms with E-state index in [0.29, 0.717) is 22.4 Å². The quantitative estimate of drug-likeness (QED) is 0.711. The lowest BCUT2D eigenvalue weighted by atomic mass is 9.80. The van der Waals surface area contributed by atoms with Gasteiger partial charge in [-0.25, -0.2) is 0 Å². The largest absolute Gasteiger partial charge is 0.397 e. The van der Waals surface area contributed by atoms with E-state index in [9.17, 15) is 9.59 Å². The number of benzene rings is 2. The summed E-state index contributed by atoms with van der Waals surface area (Å²) in [6, 6.07) is 8.56. The number of carbonyl (C=O) groups excluding carboxylic acids is 2. The predicted molar refractivity (Wildman–Crippen MR) is 87.3 cm³/mol. The van der Waals surface area contributed by atoms with Crippen LogP contribution in [0.3, 0.4) is 0 Å². The van der Waals surface area contributed by atoms with Crippen LogP contribution in [-0.4, -0.2) is 11.6 Å². The molecule has 4 nitrogen and oxygen atoms in total. The van der Waals surface area contributed by atoms with Gasteiger partial charge in [-0.15, -0.1) is 0 Å². The van der Waals surface area contributed by atoms with Crippen LogP contribution in [0.4, 0.5) is 11.4 Å². The Balaban J connectivity index is 2.31. The molecule has 1 aliphatic carbocycles. The molecule has 0 saturated heterocycles. The summed E-state index contributed by atoms with van der Waals surface area (Å²) >= 11 is 0. The Morgan fingerprint density at radius 3 is 2.14 bits per heavy atom. The number of hydrogen-bond acceptors (Lipinski definition) is 4. The second kappa shape index (κ2) is 4.98. The van der Waals surface area contributed by atoms with Crippen LogP contribution in [0.25, 0.3) is 0 Å². The fourth-order valence-corrected chi connectivity index (χ4v) is 2.95. The molecule has 0 radical (unpaired) electrons. The third kappa shape index (κ3) is 1.84. The van der Waals surface area contributed by atoms with Crippen molar-refractivity contribution in [1.29, 1.82) is 0 Å². The summed E-state index contributed by atoms with van der Waals surface area (Å²) in [5.74, 6) is -0.223. The van der Waals surface area contributed by atoms with Crippen molar-refractivity contribution >= 4 is 22.9 Å². The SMILES string of the molecule is CCC(C)c1cc2c(c(N)c1N)C(=O)c1ccccc1C2=O. The number of fused-ring (bicyclic) bond motifs is 2. The average molecular weight is 294 g/mol. The minimum Gasteiger partial charge on any atom is -0.397 e. The fourth-order valence-electron chi connectivity index (χ4n) is 2.95. The van der Waals surface area contributed by atoms with Gasteiger partial charge in [0.1, 0.15) is 0 Å². The maximum atomic E-state index is 12.7. The Bertz CT molecular complexity index is 809. The number of anilines is 2. The van der Waals surface area contributed by atoms with Gasteiger partial charge >= 0.3 is 0 Å². The molecule has 3 rings (SSSR count). The third-order valence-corrected chi connectivity index (χ3v) is 4.47. The zero-order chi connectivity index (χ0) is 16.0. The van der Waals surface area contributed by atoms with E-state index in [2.05, 4.69) is 0 Å². The molecule has 0 aromatic heterocycles. The molecule has 0 saturated carbocycles. The number of ketones is 2. The van der Waals surface area contributed by atoms with Crippen LogP contribution >= 0.6 is 0 Å². The molecule has 0 spiro atoms. The Kier molecular flexibility index (Phi) is 3.24. The molecular weight excluding hydrogens is 276 g/mol. The number of carbonyl (C=O) groups is 2. The summed E-state index contributed by atoms with van der Waals surface area (Å²) in [7, 11) is 0. The van der Waals surface area contributed by atoms with Crippen molar-refractivity contribution in [2.24, 2.45) is 0 Å². The second-order valence-electron chi connectivity index (χ2n) is 5.73. The van der Waals surface area contributed by atoms with Crippen LogP contribution in [0.15, 0.2) is 30.3 Å². The van der Waals surface area contributed by atoms with Gasteiger partial charge in [0.05, 0.1) is 16.9 Å². The van der Waals surface area contributed by atoms with E-state index in [1.54, 1.807) is 30.3 Å². The molecule has 2 aromatic carbocycles. The van der Waals surface area contributed by atoms with Crippen LogP contribution in [0.5, 0.6) is 0 Å². The van der Waals surface area contributed by atoms with Gasteiger partial charge in [-0.1, -0.05) is 38.1 Å². The van der Waals surface area contributed by atoms with E-state index in [1.165, 1.54) is 0 Å². The van der Waals surface area contributed by atoms with Gasteiger partial charge in [-0.05, 0) is 24.0 Å². The number of hydrogen-bond donors (Lipinski definition) is 2. The van der Waals surface area contributed by atoms with E-state index in [-0.39, 0.29) is 28.7 Å². The molecule has 22 heavy (non-hydrogen) atoms. The highest BCUT2D eigenvalue weighted by atomic mass is 16.1. The van der Waals surface area contributed by atoms with Gasteiger partial charge in [-0.3, -0.25) is 9.59 Å². The molecule has 0 fully saturated rings. The first-order valence-corrected chi connectivity index (χ1v) is 7.37. The van der Waals surface area contributed by atoms with Gasteiger partial charge in [0.25, 0.3) is 0 Å². The summed E-state index contributed by atoms with van der Waals surface area (Å²) in [5, 5.41) is 0. The van der Waals surface area contributed by atoms with Crippen molar-refractivity contribution in [3.63, 3.8) is 0 Å². The minimum absolute atomic E-state index is 0.165. The van der Waals surface area contributed by atoms with Crippen molar-refractivity contribution in [2.45, 2.75) is 26.2 Å². The van der Waals surface area contributed by atoms with Gasteiger partial charge in [0, 0.05) is 16.7 Å². The second-order valence-corrected chi connectivity index (χ2v) is 5.73. The molecule has 112 valence electrons. The van der Waals surface area contributed by atoms with Crippen molar-refractivity contribution in [2.75, 3.05) is 11.5 Å². The van der Waals surface area contributed by atoms with Crippen LogP contribution < -0.4 is 11.5 Å². The van der Waals surface area contributed by atoms with E-state index in [0.717, 1.165) is 12.0 Å². The van der Waals surface area contributed by atoms with Crippen LogP contribution in [0.2, 0.25) is 0 Å². The Hall–Kier alpha value is -2.62. The van der Waals surface area contributed by atoms with Gasteiger partial charge in [-0.2, -0.15) is 0 Å². The number of rotatable bonds is 2. The third-order valence-electron chi connectivity index (χ3n) is 4.47. The van der Waals surface area contributed by atoms with Gasteiger partial charge in [0.15, 0.2) is 11.6 Å². The lowest BCUT2D eigenvalue weighted by Gasteiger charge is -2.23. The van der Waals surface area contributed by atoms with Crippen molar-refractivity contribution < 1.29 is 9.59 Å². The molecule has 0 bridgehead atoms. The monoisotopic (exact) mass is 294 g/mol. The smallest absolute Gasteiger partial charge is 0.196 e. The number of nitrogens with two attached hydrogens (primary N) is 2. The lowest BCUT2D eigenvalue weighted by molar-refractivity contribution is 0.0979. The highest BCUT2D eigenvalue weighted by Gasteiger charge is 2.33. The zero-order valence-corrected chi connectivity index (χ0v) is 12.6. The van der Waals surface area contributed by atoms with Crippen molar-refractivity contribution in [3.05, 3.63) is 58.1 Å². The molecule has 0 aliphatic heterocycles. The molecule has 2 aromatic rings. The summed E-state index contributed by atoms with van der Waals surface area (Å²) in [6.07, 6.45) is 0.876. The van der Waals surface area contributed by atoms with Crippen molar-refractivity contribution in [3.8, 4) is 0 Å². The molecule has 1 atom stereocenters. The van der Waals surface area contributed by atoms with E-state index >= 15 is 0 Å². The average Bonchev–Trinajstić information content (AvgIpc) is 2.54. The Morgan fingerprint density at radius 2 is 1.55 bits per heavy atom. The molecule has 0 amide bonds. The predicted octanol–water partition coefficient (Wildman–Crippen LogP) is 3.14. The van der Waals surface area contributed by atoms with Gasteiger partial charge in [0.2, 0.25) is 0 Å². The molecular formula is C18H18N2O2. The lowest BCUT2D eigenvalue weighted by Crippen LogP contribution is -2.24. The Morgan fingerprint density at radius 1 is 0.955 bits per heavy atom. The van der Waals surface area contributed by atoms with Crippen LogP contribution in [-0.2, 0) is 0 Å². The first-order valence-electron chi connectivity index (χ1n) is 7.37. The maximum Gasteiger partial charge on any atom is 0.196 e.